The van der Waals surface area contributed by atoms with Gasteiger partial charge in [-0.2, -0.15) is 0 Å². The van der Waals surface area contributed by atoms with Crippen LogP contribution in [0.1, 0.15) is 58.6 Å². The summed E-state index contributed by atoms with van der Waals surface area (Å²) in [7, 11) is 0. The van der Waals surface area contributed by atoms with Crippen LogP contribution in [0, 0.1) is 0 Å². The van der Waals surface area contributed by atoms with Crippen LogP contribution in [-0.2, 0) is 11.0 Å². The molecule has 39 heavy (non-hydrogen) atoms. The van der Waals surface area contributed by atoms with Crippen molar-refractivity contribution >= 4 is 27.8 Å². The van der Waals surface area contributed by atoms with E-state index in [4.69, 9.17) is 5.73 Å². The van der Waals surface area contributed by atoms with Crippen LogP contribution in [0.4, 0.5) is 17.1 Å². The zero-order chi connectivity index (χ0) is 27.6. The summed E-state index contributed by atoms with van der Waals surface area (Å²) in [6, 6.07) is 41.8. The van der Waals surface area contributed by atoms with Crippen LogP contribution in [0.3, 0.4) is 0 Å². The van der Waals surface area contributed by atoms with E-state index in [2.05, 4.69) is 155 Å². The molecule has 2 heteroatoms. The zero-order valence-corrected chi connectivity index (χ0v) is 23.9. The molecule has 5 aromatic rings. The lowest BCUT2D eigenvalue weighted by Crippen LogP contribution is -2.34. The van der Waals surface area contributed by atoms with Crippen molar-refractivity contribution in [1.29, 1.82) is 0 Å². The largest absolute Gasteiger partial charge is 0.321 e. The molecule has 0 atom stereocenters. The van der Waals surface area contributed by atoms with Crippen LogP contribution >= 0.6 is 0 Å². The van der Waals surface area contributed by atoms with Gasteiger partial charge in [-0.1, -0.05) is 107 Å². The lowest BCUT2D eigenvalue weighted by molar-refractivity contribution is 0.413. The van der Waals surface area contributed by atoms with Gasteiger partial charge in [-0.15, -0.1) is 0 Å². The summed E-state index contributed by atoms with van der Waals surface area (Å²) < 4.78 is 0. The third kappa shape index (κ3) is 5.35. The molecule has 0 bridgehead atoms. The van der Waals surface area contributed by atoms with Gasteiger partial charge in [-0.25, -0.2) is 0 Å². The Morgan fingerprint density at radius 3 is 1.69 bits per heavy atom. The summed E-state index contributed by atoms with van der Waals surface area (Å²) in [4.78, 5) is 2.38. The number of hydrogen-bond donors (Lipinski definition) is 1. The van der Waals surface area contributed by atoms with Gasteiger partial charge in [-0.3, -0.25) is 0 Å². The van der Waals surface area contributed by atoms with Crippen LogP contribution in [0.2, 0.25) is 0 Å². The quantitative estimate of drug-likeness (QED) is 0.235. The maximum Gasteiger partial charge on any atom is 0.0542 e. The Bertz CT molecular complexity index is 1520. The molecule has 0 spiro atoms. The first-order chi connectivity index (χ1) is 18.7. The number of benzene rings is 5. The van der Waals surface area contributed by atoms with Crippen molar-refractivity contribution in [3.05, 3.63) is 126 Å². The topological polar surface area (TPSA) is 29.3 Å². The highest BCUT2D eigenvalue weighted by Crippen LogP contribution is 2.43. The van der Waals surface area contributed by atoms with Crippen molar-refractivity contribution in [2.24, 2.45) is 5.73 Å². The summed E-state index contributed by atoms with van der Waals surface area (Å²) >= 11 is 0. The highest BCUT2D eigenvalue weighted by Gasteiger charge is 2.24. The van der Waals surface area contributed by atoms with Crippen LogP contribution in [0.25, 0.3) is 21.9 Å². The van der Waals surface area contributed by atoms with Gasteiger partial charge in [0.2, 0.25) is 0 Å². The van der Waals surface area contributed by atoms with E-state index in [-0.39, 0.29) is 11.0 Å². The second-order valence-corrected chi connectivity index (χ2v) is 11.6. The van der Waals surface area contributed by atoms with Crippen molar-refractivity contribution in [1.82, 2.24) is 0 Å². The van der Waals surface area contributed by atoms with E-state index < -0.39 is 0 Å². The standard InChI is InChI=1S/C37H40N2/c1-6-37(38,7-2)31-21-20-27-24-29(19-18-28(27)25-31)34-23-22-30(36(3,4)5)26-35(34)39(32-14-10-8-11-15-32)33-16-12-9-13-17-33/h8-26H,6-7,38H2,1-5H3. The highest BCUT2D eigenvalue weighted by atomic mass is 15.1. The first-order valence-corrected chi connectivity index (χ1v) is 14.1. The van der Waals surface area contributed by atoms with Crippen molar-refractivity contribution < 1.29 is 0 Å². The molecule has 0 unspecified atom stereocenters. The Morgan fingerprint density at radius 1 is 0.590 bits per heavy atom. The third-order valence-corrected chi connectivity index (χ3v) is 8.12. The number of hydrogen-bond acceptors (Lipinski definition) is 2. The Morgan fingerprint density at radius 2 is 1.13 bits per heavy atom. The minimum absolute atomic E-state index is 0.0272. The number of para-hydroxylation sites is 2. The van der Waals surface area contributed by atoms with Gasteiger partial charge in [0, 0.05) is 22.5 Å². The summed E-state index contributed by atoms with van der Waals surface area (Å²) in [5.74, 6) is 0. The minimum Gasteiger partial charge on any atom is -0.321 e. The van der Waals surface area contributed by atoms with Gasteiger partial charge in [0.1, 0.15) is 0 Å². The molecule has 5 rings (SSSR count). The minimum atomic E-state index is -0.283. The molecular weight excluding hydrogens is 472 g/mol. The van der Waals surface area contributed by atoms with Crippen LogP contribution in [-0.4, -0.2) is 0 Å². The molecular formula is C37H40N2. The Kier molecular flexibility index (Phi) is 7.34. The smallest absolute Gasteiger partial charge is 0.0542 e. The molecule has 5 aromatic carbocycles. The van der Waals surface area contributed by atoms with Gasteiger partial charge in [0.05, 0.1) is 5.69 Å². The molecule has 198 valence electrons. The van der Waals surface area contributed by atoms with Crippen LogP contribution in [0.15, 0.2) is 115 Å². The van der Waals surface area contributed by atoms with Gasteiger partial charge >= 0.3 is 0 Å². The number of nitrogens with zero attached hydrogens (tertiary/aromatic N) is 1. The SMILES string of the molecule is CCC(N)(CC)c1ccc2cc(-c3ccc(C(C)(C)C)cc3N(c3ccccc3)c3ccccc3)ccc2c1. The molecule has 0 aromatic heterocycles. The lowest BCUT2D eigenvalue weighted by atomic mass is 9.84. The van der Waals surface area contributed by atoms with Gasteiger partial charge < -0.3 is 10.6 Å². The van der Waals surface area contributed by atoms with E-state index in [0.717, 1.165) is 24.2 Å². The molecule has 0 saturated carbocycles. The van der Waals surface area contributed by atoms with E-state index in [9.17, 15) is 0 Å². The lowest BCUT2D eigenvalue weighted by Gasteiger charge is -2.30. The van der Waals surface area contributed by atoms with Gasteiger partial charge in [-0.05, 0) is 88.2 Å². The van der Waals surface area contributed by atoms with Crippen molar-refractivity contribution in [3.8, 4) is 11.1 Å². The predicted octanol–water partition coefficient (Wildman–Crippen LogP) is 10.2. The zero-order valence-electron chi connectivity index (χ0n) is 23.9. The highest BCUT2D eigenvalue weighted by molar-refractivity contribution is 5.93. The second-order valence-electron chi connectivity index (χ2n) is 11.6. The molecule has 0 aliphatic heterocycles. The molecule has 2 N–H and O–H groups in total. The number of fused-ring (bicyclic) bond motifs is 1. The molecule has 0 saturated heterocycles. The first kappa shape index (κ1) is 26.7. The molecule has 0 heterocycles. The summed E-state index contributed by atoms with van der Waals surface area (Å²) in [5, 5.41) is 2.45. The van der Waals surface area contributed by atoms with Crippen LogP contribution in [0.5, 0.6) is 0 Å². The fourth-order valence-electron chi connectivity index (χ4n) is 5.39. The maximum absolute atomic E-state index is 6.74. The second kappa shape index (κ2) is 10.7. The predicted molar refractivity (Wildman–Crippen MR) is 169 cm³/mol. The van der Waals surface area contributed by atoms with E-state index in [1.807, 2.05) is 0 Å². The van der Waals surface area contributed by atoms with E-state index >= 15 is 0 Å². The average Bonchev–Trinajstić information content (AvgIpc) is 2.97. The number of anilines is 3. The fourth-order valence-corrected chi connectivity index (χ4v) is 5.39. The van der Waals surface area contributed by atoms with E-state index in [1.54, 1.807) is 0 Å². The van der Waals surface area contributed by atoms with E-state index in [0.29, 0.717) is 0 Å². The monoisotopic (exact) mass is 512 g/mol. The Hall–Kier alpha value is -3.88. The van der Waals surface area contributed by atoms with Gasteiger partial charge in [0.25, 0.3) is 0 Å². The molecule has 2 nitrogen and oxygen atoms in total. The Balaban J connectivity index is 1.71. The average molecular weight is 513 g/mol. The van der Waals surface area contributed by atoms with Crippen molar-refractivity contribution in [3.63, 3.8) is 0 Å². The Labute approximate surface area is 234 Å². The molecule has 0 fully saturated rings. The number of rotatable bonds is 7. The fraction of sp³-hybridized carbons (Fsp3) is 0.243. The van der Waals surface area contributed by atoms with Crippen molar-refractivity contribution in [2.45, 2.75) is 58.4 Å². The summed E-state index contributed by atoms with van der Waals surface area (Å²) in [6.45, 7) is 11.2. The summed E-state index contributed by atoms with van der Waals surface area (Å²) in [5.41, 5.74) is 14.9. The third-order valence-electron chi connectivity index (χ3n) is 8.12. The normalized spacial score (nSPS) is 12.1. The molecule has 0 radical (unpaired) electrons. The van der Waals surface area contributed by atoms with Gasteiger partial charge in [0.15, 0.2) is 0 Å². The summed E-state index contributed by atoms with van der Waals surface area (Å²) in [6.07, 6.45) is 1.84. The van der Waals surface area contributed by atoms with E-state index in [1.165, 1.54) is 38.7 Å². The van der Waals surface area contributed by atoms with Crippen LogP contribution < -0.4 is 10.6 Å². The first-order valence-electron chi connectivity index (χ1n) is 14.1. The molecule has 0 amide bonds. The molecule has 0 aliphatic carbocycles. The molecule has 0 aliphatic rings. The number of nitrogens with two attached hydrogens (primary N) is 1. The maximum atomic E-state index is 6.74. The van der Waals surface area contributed by atoms with Crippen molar-refractivity contribution in [2.75, 3.05) is 4.90 Å².